The van der Waals surface area contributed by atoms with Crippen molar-refractivity contribution < 1.29 is 45.1 Å². The SMILES string of the molecule is NC(CNC([NH3+])=O)C(=O)N1CC(Oc2ccc(CCB(O)O)c(O)c2C(=O)O)C1. The standard InChI is InChI=1S/C16H23BN4O8/c18-10(5-20-16(19)26)14(23)21-6-9(7-21)29-11-2-1-8(3-4-17(27)28)13(22)12(11)15(24)25/h1-2,9-10,22,27-28H,3-7,18H2,(H,24,25)(H3,19,20,26)/p+1. The van der Waals surface area contributed by atoms with Crippen LogP contribution in [0.25, 0.3) is 0 Å². The van der Waals surface area contributed by atoms with Gasteiger partial charge in [-0.05, 0) is 24.4 Å². The van der Waals surface area contributed by atoms with Crippen LogP contribution in [0.1, 0.15) is 15.9 Å². The molecule has 1 aliphatic rings. The molecule has 0 radical (unpaired) electrons. The van der Waals surface area contributed by atoms with Crippen LogP contribution < -0.4 is 21.5 Å². The molecular weight excluding hydrogens is 387 g/mol. The zero-order valence-corrected chi connectivity index (χ0v) is 15.6. The first kappa shape index (κ1) is 22.4. The molecule has 0 spiro atoms. The fourth-order valence-electron chi connectivity index (χ4n) is 2.82. The fourth-order valence-corrected chi connectivity index (χ4v) is 2.82. The van der Waals surface area contributed by atoms with E-state index >= 15 is 0 Å². The van der Waals surface area contributed by atoms with Crippen molar-refractivity contribution in [3.8, 4) is 11.5 Å². The van der Waals surface area contributed by atoms with Gasteiger partial charge in [-0.1, -0.05) is 6.07 Å². The van der Waals surface area contributed by atoms with Crippen LogP contribution in [-0.2, 0) is 11.2 Å². The van der Waals surface area contributed by atoms with Crippen molar-refractivity contribution in [1.29, 1.82) is 0 Å². The topological polar surface area (TPSA) is 210 Å². The molecule has 1 aromatic carbocycles. The predicted molar refractivity (Wildman–Crippen MR) is 99.0 cm³/mol. The minimum Gasteiger partial charge on any atom is -0.507 e. The lowest BCUT2D eigenvalue weighted by molar-refractivity contribution is -0.250. The third-order valence-corrected chi connectivity index (χ3v) is 4.40. The Morgan fingerprint density at radius 1 is 1.34 bits per heavy atom. The van der Waals surface area contributed by atoms with Gasteiger partial charge in [-0.15, -0.1) is 0 Å². The Kier molecular flexibility index (Phi) is 7.39. The first-order chi connectivity index (χ1) is 13.6. The summed E-state index contributed by atoms with van der Waals surface area (Å²) in [4.78, 5) is 35.9. The van der Waals surface area contributed by atoms with E-state index in [0.29, 0.717) is 0 Å². The summed E-state index contributed by atoms with van der Waals surface area (Å²) in [6.45, 7) is 0.288. The maximum atomic E-state index is 12.1. The van der Waals surface area contributed by atoms with Gasteiger partial charge < -0.3 is 40.9 Å². The zero-order chi connectivity index (χ0) is 21.7. The maximum absolute atomic E-state index is 12.1. The van der Waals surface area contributed by atoms with Crippen LogP contribution in [0.15, 0.2) is 12.1 Å². The molecule has 1 saturated heterocycles. The summed E-state index contributed by atoms with van der Waals surface area (Å²) in [5, 5.41) is 39.9. The van der Waals surface area contributed by atoms with Crippen LogP contribution in [0.4, 0.5) is 4.79 Å². The Hall–Kier alpha value is -2.87. The Labute approximate surface area is 166 Å². The number of carbonyl (C=O) groups is 3. The number of aryl methyl sites for hydroxylation is 1. The molecule has 13 heteroatoms. The number of carbonyl (C=O) groups excluding carboxylic acids is 2. The lowest BCUT2D eigenvalue weighted by Crippen LogP contribution is -2.66. The summed E-state index contributed by atoms with van der Waals surface area (Å²) in [6.07, 6.45) is -0.491. The maximum Gasteiger partial charge on any atom is 0.451 e. The number of ether oxygens (including phenoxy) is 1. The average molecular weight is 411 g/mol. The highest BCUT2D eigenvalue weighted by atomic mass is 16.5. The zero-order valence-electron chi connectivity index (χ0n) is 15.6. The largest absolute Gasteiger partial charge is 0.507 e. The molecule has 1 aliphatic heterocycles. The quantitative estimate of drug-likeness (QED) is 0.206. The highest BCUT2D eigenvalue weighted by Gasteiger charge is 2.36. The molecule has 1 fully saturated rings. The number of quaternary nitrogens is 1. The van der Waals surface area contributed by atoms with Gasteiger partial charge in [0.05, 0.1) is 13.1 Å². The molecular formula is C16H24BN4O8+. The van der Waals surface area contributed by atoms with E-state index in [9.17, 15) is 24.6 Å². The second kappa shape index (κ2) is 9.56. The molecule has 1 atom stereocenters. The van der Waals surface area contributed by atoms with E-state index in [1.54, 1.807) is 0 Å². The molecule has 12 nitrogen and oxygen atoms in total. The Morgan fingerprint density at radius 3 is 2.55 bits per heavy atom. The second-order valence-corrected chi connectivity index (χ2v) is 6.66. The number of hydrogen-bond acceptors (Lipinski definition) is 8. The normalized spacial score (nSPS) is 14.7. The van der Waals surface area contributed by atoms with E-state index in [1.807, 2.05) is 0 Å². The number of nitrogens with two attached hydrogens (primary N) is 1. The average Bonchev–Trinajstić information content (AvgIpc) is 2.60. The highest BCUT2D eigenvalue weighted by Crippen LogP contribution is 2.33. The third-order valence-electron chi connectivity index (χ3n) is 4.40. The molecule has 0 aliphatic carbocycles. The van der Waals surface area contributed by atoms with Crippen LogP contribution in [0, 0.1) is 0 Å². The minimum absolute atomic E-state index is 0.0514. The molecule has 3 amide bonds. The Bertz CT molecular complexity index is 784. The van der Waals surface area contributed by atoms with Crippen molar-refractivity contribution in [2.45, 2.75) is 24.9 Å². The predicted octanol–water partition coefficient (Wildman–Crippen LogP) is -3.03. The van der Waals surface area contributed by atoms with Gasteiger partial charge in [0.25, 0.3) is 0 Å². The summed E-state index contributed by atoms with van der Waals surface area (Å²) < 4.78 is 5.61. The summed E-state index contributed by atoms with van der Waals surface area (Å²) in [5.41, 5.74) is 8.63. The van der Waals surface area contributed by atoms with Gasteiger partial charge in [0.1, 0.15) is 29.2 Å². The van der Waals surface area contributed by atoms with Crippen molar-refractivity contribution >= 4 is 25.0 Å². The number of phenols is 1. The molecule has 2 rings (SSSR count). The molecule has 0 saturated carbocycles. The molecule has 158 valence electrons. The van der Waals surface area contributed by atoms with Gasteiger partial charge in [-0.3, -0.25) is 10.5 Å². The van der Waals surface area contributed by atoms with E-state index < -0.39 is 48.5 Å². The molecule has 0 aromatic heterocycles. The number of hydrogen-bond donors (Lipinski definition) is 7. The van der Waals surface area contributed by atoms with Gasteiger partial charge in [-0.2, -0.15) is 0 Å². The number of nitrogens with zero attached hydrogens (tertiary/aromatic N) is 1. The summed E-state index contributed by atoms with van der Waals surface area (Å²) in [6, 6.07) is 1.35. The van der Waals surface area contributed by atoms with E-state index in [-0.39, 0.29) is 43.7 Å². The molecule has 1 aromatic rings. The van der Waals surface area contributed by atoms with Gasteiger partial charge in [-0.25, -0.2) is 9.59 Å². The van der Waals surface area contributed by atoms with Crippen LogP contribution in [0.2, 0.25) is 6.32 Å². The molecule has 1 unspecified atom stereocenters. The van der Waals surface area contributed by atoms with Crippen LogP contribution >= 0.6 is 0 Å². The van der Waals surface area contributed by atoms with E-state index in [2.05, 4.69) is 11.1 Å². The number of urea groups is 1. The van der Waals surface area contributed by atoms with E-state index in [4.69, 9.17) is 20.5 Å². The monoisotopic (exact) mass is 411 g/mol. The molecule has 1 heterocycles. The number of carboxylic acids is 1. The lowest BCUT2D eigenvalue weighted by Gasteiger charge is -2.40. The number of carboxylic acid groups (broad SMARTS) is 1. The van der Waals surface area contributed by atoms with Crippen LogP contribution in [0.5, 0.6) is 11.5 Å². The van der Waals surface area contributed by atoms with Gasteiger partial charge in [0.2, 0.25) is 5.91 Å². The summed E-state index contributed by atoms with van der Waals surface area (Å²) in [5.74, 6) is -2.36. The third kappa shape index (κ3) is 5.81. The number of aromatic carboxylic acids is 1. The van der Waals surface area contributed by atoms with E-state index in [0.717, 1.165) is 0 Å². The number of amides is 3. The first-order valence-corrected chi connectivity index (χ1v) is 8.85. The smallest absolute Gasteiger partial charge is 0.451 e. The fraction of sp³-hybridized carbons (Fsp3) is 0.438. The molecule has 0 bridgehead atoms. The van der Waals surface area contributed by atoms with Crippen molar-refractivity contribution in [2.24, 2.45) is 5.73 Å². The van der Waals surface area contributed by atoms with Crippen LogP contribution in [-0.4, -0.2) is 82.0 Å². The number of aromatic hydroxyl groups is 1. The number of likely N-dealkylation sites (tertiary alicyclic amines) is 1. The van der Waals surface area contributed by atoms with Gasteiger partial charge in [0, 0.05) is 6.54 Å². The number of nitrogens with one attached hydrogen (secondary N) is 1. The Balaban J connectivity index is 1.99. The van der Waals surface area contributed by atoms with Crippen molar-refractivity contribution in [3.05, 3.63) is 23.3 Å². The van der Waals surface area contributed by atoms with E-state index in [1.165, 1.54) is 17.0 Å². The van der Waals surface area contributed by atoms with Gasteiger partial charge in [0.15, 0.2) is 0 Å². The second-order valence-electron chi connectivity index (χ2n) is 6.66. The Morgan fingerprint density at radius 2 is 2.00 bits per heavy atom. The lowest BCUT2D eigenvalue weighted by atomic mass is 9.82. The number of rotatable bonds is 9. The summed E-state index contributed by atoms with van der Waals surface area (Å²) >= 11 is 0. The van der Waals surface area contributed by atoms with Crippen molar-refractivity contribution in [1.82, 2.24) is 10.2 Å². The van der Waals surface area contributed by atoms with Crippen molar-refractivity contribution in [2.75, 3.05) is 19.6 Å². The van der Waals surface area contributed by atoms with Crippen molar-refractivity contribution in [3.63, 3.8) is 0 Å². The van der Waals surface area contributed by atoms with Crippen LogP contribution in [0.3, 0.4) is 0 Å². The molecule has 29 heavy (non-hydrogen) atoms. The highest BCUT2D eigenvalue weighted by molar-refractivity contribution is 6.41. The molecule has 10 N–H and O–H groups in total. The number of benzene rings is 1. The van der Waals surface area contributed by atoms with Gasteiger partial charge >= 0.3 is 19.1 Å². The summed E-state index contributed by atoms with van der Waals surface area (Å²) in [7, 11) is -1.58. The first-order valence-electron chi connectivity index (χ1n) is 8.85. The minimum atomic E-state index is -1.58.